The number of rotatable bonds is 7. The van der Waals surface area contributed by atoms with Crippen LogP contribution in [0.2, 0.25) is 0 Å². The minimum absolute atomic E-state index is 0.561. The molecule has 112 valence electrons. The van der Waals surface area contributed by atoms with E-state index in [0.29, 0.717) is 6.04 Å². The maximum absolute atomic E-state index is 3.69. The van der Waals surface area contributed by atoms with Crippen molar-refractivity contribution in [1.29, 1.82) is 0 Å². The van der Waals surface area contributed by atoms with Crippen LogP contribution in [0.15, 0.2) is 24.3 Å². The van der Waals surface area contributed by atoms with Crippen LogP contribution in [-0.4, -0.2) is 25.7 Å². The molecule has 0 aromatic heterocycles. The van der Waals surface area contributed by atoms with E-state index in [-0.39, 0.29) is 0 Å². The molecule has 1 aliphatic carbocycles. The summed E-state index contributed by atoms with van der Waals surface area (Å²) in [6.45, 7) is 10.1. The Labute approximate surface area is 124 Å². The minimum Gasteiger partial charge on any atom is -0.315 e. The van der Waals surface area contributed by atoms with Crippen molar-refractivity contribution in [1.82, 2.24) is 10.6 Å². The summed E-state index contributed by atoms with van der Waals surface area (Å²) in [5.41, 5.74) is 3.13. The SMILES string of the molecule is CC(C)CNCC(C)NCC1CCc2ccccc2C1. The second-order valence-electron chi connectivity index (χ2n) is 6.74. The van der Waals surface area contributed by atoms with Gasteiger partial charge in [-0.15, -0.1) is 0 Å². The molecular formula is C18H30N2. The molecule has 1 aliphatic rings. The number of hydrogen-bond acceptors (Lipinski definition) is 2. The van der Waals surface area contributed by atoms with E-state index in [2.05, 4.69) is 55.7 Å². The van der Waals surface area contributed by atoms with Gasteiger partial charge in [-0.2, -0.15) is 0 Å². The van der Waals surface area contributed by atoms with E-state index in [1.807, 2.05) is 0 Å². The molecule has 2 N–H and O–H groups in total. The van der Waals surface area contributed by atoms with Crippen molar-refractivity contribution in [3.63, 3.8) is 0 Å². The van der Waals surface area contributed by atoms with Crippen molar-refractivity contribution in [2.24, 2.45) is 11.8 Å². The average molecular weight is 274 g/mol. The third kappa shape index (κ3) is 4.92. The van der Waals surface area contributed by atoms with Crippen molar-refractivity contribution in [3.05, 3.63) is 35.4 Å². The van der Waals surface area contributed by atoms with Gasteiger partial charge in [0.15, 0.2) is 0 Å². The summed E-state index contributed by atoms with van der Waals surface area (Å²) in [5, 5.41) is 7.22. The Morgan fingerprint density at radius 3 is 2.60 bits per heavy atom. The Kier molecular flexibility index (Phi) is 6.06. The topological polar surface area (TPSA) is 24.1 Å². The van der Waals surface area contributed by atoms with E-state index in [1.54, 1.807) is 11.1 Å². The number of fused-ring (bicyclic) bond motifs is 1. The summed E-state index contributed by atoms with van der Waals surface area (Å²) in [4.78, 5) is 0. The van der Waals surface area contributed by atoms with E-state index in [9.17, 15) is 0 Å². The molecule has 20 heavy (non-hydrogen) atoms. The zero-order valence-corrected chi connectivity index (χ0v) is 13.3. The van der Waals surface area contributed by atoms with Gasteiger partial charge in [-0.05, 0) is 62.2 Å². The molecule has 2 rings (SSSR count). The summed E-state index contributed by atoms with van der Waals surface area (Å²) in [5.74, 6) is 1.54. The fourth-order valence-electron chi connectivity index (χ4n) is 2.98. The summed E-state index contributed by atoms with van der Waals surface area (Å²) >= 11 is 0. The van der Waals surface area contributed by atoms with Gasteiger partial charge >= 0.3 is 0 Å². The van der Waals surface area contributed by atoms with Gasteiger partial charge in [0.2, 0.25) is 0 Å². The van der Waals surface area contributed by atoms with Gasteiger partial charge in [0.25, 0.3) is 0 Å². The third-order valence-electron chi connectivity index (χ3n) is 4.21. The van der Waals surface area contributed by atoms with E-state index in [4.69, 9.17) is 0 Å². The number of hydrogen-bond donors (Lipinski definition) is 2. The van der Waals surface area contributed by atoms with Gasteiger partial charge in [0.1, 0.15) is 0 Å². The molecule has 0 amide bonds. The van der Waals surface area contributed by atoms with Gasteiger partial charge in [-0.3, -0.25) is 0 Å². The smallest absolute Gasteiger partial charge is 0.0164 e. The molecule has 2 atom stereocenters. The second-order valence-corrected chi connectivity index (χ2v) is 6.74. The number of nitrogens with one attached hydrogen (secondary N) is 2. The molecule has 0 fully saturated rings. The van der Waals surface area contributed by atoms with Crippen LogP contribution >= 0.6 is 0 Å². The molecule has 1 aromatic carbocycles. The maximum Gasteiger partial charge on any atom is 0.0164 e. The first kappa shape index (κ1) is 15.5. The zero-order valence-electron chi connectivity index (χ0n) is 13.3. The van der Waals surface area contributed by atoms with Crippen molar-refractivity contribution >= 4 is 0 Å². The molecule has 0 spiro atoms. The first-order valence-corrected chi connectivity index (χ1v) is 8.16. The largest absolute Gasteiger partial charge is 0.315 e. The lowest BCUT2D eigenvalue weighted by atomic mass is 9.84. The van der Waals surface area contributed by atoms with Crippen LogP contribution in [0, 0.1) is 11.8 Å². The Balaban J connectivity index is 1.68. The van der Waals surface area contributed by atoms with Gasteiger partial charge < -0.3 is 10.6 Å². The molecule has 0 saturated heterocycles. The lowest BCUT2D eigenvalue weighted by Gasteiger charge is -2.26. The molecule has 2 unspecified atom stereocenters. The van der Waals surface area contributed by atoms with Crippen molar-refractivity contribution in [3.8, 4) is 0 Å². The van der Waals surface area contributed by atoms with Crippen LogP contribution in [0.1, 0.15) is 38.3 Å². The van der Waals surface area contributed by atoms with Gasteiger partial charge in [-0.1, -0.05) is 38.1 Å². The van der Waals surface area contributed by atoms with Gasteiger partial charge in [0.05, 0.1) is 0 Å². The lowest BCUT2D eigenvalue weighted by Crippen LogP contribution is -2.40. The summed E-state index contributed by atoms with van der Waals surface area (Å²) in [6, 6.07) is 9.49. The predicted molar refractivity (Wildman–Crippen MR) is 87.1 cm³/mol. The highest BCUT2D eigenvalue weighted by Gasteiger charge is 2.18. The number of aryl methyl sites for hydroxylation is 1. The van der Waals surface area contributed by atoms with Crippen LogP contribution in [0.5, 0.6) is 0 Å². The second kappa shape index (κ2) is 7.80. The van der Waals surface area contributed by atoms with E-state index in [0.717, 1.165) is 31.5 Å². The van der Waals surface area contributed by atoms with Crippen LogP contribution in [0.4, 0.5) is 0 Å². The lowest BCUT2D eigenvalue weighted by molar-refractivity contribution is 0.387. The third-order valence-corrected chi connectivity index (χ3v) is 4.21. The highest BCUT2D eigenvalue weighted by molar-refractivity contribution is 5.29. The fourth-order valence-corrected chi connectivity index (χ4v) is 2.98. The molecule has 0 radical (unpaired) electrons. The van der Waals surface area contributed by atoms with Gasteiger partial charge in [-0.25, -0.2) is 0 Å². The van der Waals surface area contributed by atoms with E-state index in [1.165, 1.54) is 19.3 Å². The van der Waals surface area contributed by atoms with Crippen LogP contribution in [0.3, 0.4) is 0 Å². The Hall–Kier alpha value is -0.860. The van der Waals surface area contributed by atoms with Crippen molar-refractivity contribution in [2.75, 3.05) is 19.6 Å². The zero-order chi connectivity index (χ0) is 14.4. The monoisotopic (exact) mass is 274 g/mol. The summed E-state index contributed by atoms with van der Waals surface area (Å²) in [6.07, 6.45) is 3.83. The quantitative estimate of drug-likeness (QED) is 0.798. The van der Waals surface area contributed by atoms with Crippen molar-refractivity contribution in [2.45, 2.75) is 46.1 Å². The van der Waals surface area contributed by atoms with Crippen molar-refractivity contribution < 1.29 is 0 Å². The Bertz CT molecular complexity index is 400. The Morgan fingerprint density at radius 1 is 1.10 bits per heavy atom. The fraction of sp³-hybridized carbons (Fsp3) is 0.667. The van der Waals surface area contributed by atoms with E-state index >= 15 is 0 Å². The predicted octanol–water partition coefficient (Wildman–Crippen LogP) is 3.02. The van der Waals surface area contributed by atoms with Crippen LogP contribution < -0.4 is 10.6 Å². The first-order valence-electron chi connectivity index (χ1n) is 8.16. The maximum atomic E-state index is 3.69. The summed E-state index contributed by atoms with van der Waals surface area (Å²) < 4.78 is 0. The number of benzene rings is 1. The molecule has 0 heterocycles. The molecule has 0 saturated carbocycles. The standard InChI is InChI=1S/C18H30N2/c1-14(2)11-19-12-15(3)20-13-16-8-9-17-6-4-5-7-18(17)10-16/h4-7,14-16,19-20H,8-13H2,1-3H3. The molecule has 2 heteroatoms. The van der Waals surface area contributed by atoms with E-state index < -0.39 is 0 Å². The van der Waals surface area contributed by atoms with Crippen LogP contribution in [0.25, 0.3) is 0 Å². The molecular weight excluding hydrogens is 244 g/mol. The minimum atomic E-state index is 0.561. The molecule has 2 nitrogen and oxygen atoms in total. The molecule has 0 aliphatic heterocycles. The molecule has 1 aromatic rings. The first-order chi connectivity index (χ1) is 9.65. The van der Waals surface area contributed by atoms with Crippen LogP contribution in [-0.2, 0) is 12.8 Å². The highest BCUT2D eigenvalue weighted by Crippen LogP contribution is 2.24. The Morgan fingerprint density at radius 2 is 1.85 bits per heavy atom. The average Bonchev–Trinajstić information content (AvgIpc) is 2.44. The molecule has 0 bridgehead atoms. The highest BCUT2D eigenvalue weighted by atomic mass is 15.0. The van der Waals surface area contributed by atoms with Gasteiger partial charge in [0, 0.05) is 12.6 Å². The summed E-state index contributed by atoms with van der Waals surface area (Å²) in [7, 11) is 0. The normalized spacial score (nSPS) is 19.9.